The zero-order valence-electron chi connectivity index (χ0n) is 11.1. The molecule has 3 N–H and O–H groups in total. The SMILES string of the molecule is CCOC(C)CNc1nc(CC)nc(N)c1C. The molecule has 1 aromatic heterocycles. The molecule has 0 aliphatic heterocycles. The third-order valence-corrected chi connectivity index (χ3v) is 2.55. The van der Waals surface area contributed by atoms with E-state index in [2.05, 4.69) is 15.3 Å². The Morgan fingerprint density at radius 2 is 2.06 bits per heavy atom. The molecule has 0 bridgehead atoms. The predicted octanol–water partition coefficient (Wildman–Crippen LogP) is 1.77. The van der Waals surface area contributed by atoms with E-state index >= 15 is 0 Å². The summed E-state index contributed by atoms with van der Waals surface area (Å²) in [6, 6.07) is 0. The van der Waals surface area contributed by atoms with Crippen LogP contribution in [0.3, 0.4) is 0 Å². The Kier molecular flexibility index (Phi) is 5.15. The highest BCUT2D eigenvalue weighted by Crippen LogP contribution is 2.17. The Hall–Kier alpha value is -1.36. The van der Waals surface area contributed by atoms with E-state index in [1.54, 1.807) is 0 Å². The minimum Gasteiger partial charge on any atom is -0.383 e. The number of anilines is 2. The lowest BCUT2D eigenvalue weighted by atomic mass is 10.3. The number of hydrogen-bond acceptors (Lipinski definition) is 5. The van der Waals surface area contributed by atoms with Crippen LogP contribution in [0.15, 0.2) is 0 Å². The van der Waals surface area contributed by atoms with Crippen LogP contribution in [-0.2, 0) is 11.2 Å². The summed E-state index contributed by atoms with van der Waals surface area (Å²) in [4.78, 5) is 8.64. The Balaban J connectivity index is 2.72. The van der Waals surface area contributed by atoms with Crippen LogP contribution in [0.1, 0.15) is 32.2 Å². The summed E-state index contributed by atoms with van der Waals surface area (Å²) in [7, 11) is 0. The molecule has 17 heavy (non-hydrogen) atoms. The molecule has 0 spiro atoms. The van der Waals surface area contributed by atoms with Crippen LogP contribution in [0.2, 0.25) is 0 Å². The minimum absolute atomic E-state index is 0.153. The van der Waals surface area contributed by atoms with Crippen LogP contribution in [-0.4, -0.2) is 29.2 Å². The zero-order chi connectivity index (χ0) is 12.8. The maximum Gasteiger partial charge on any atom is 0.134 e. The van der Waals surface area contributed by atoms with Crippen molar-refractivity contribution in [3.8, 4) is 0 Å². The monoisotopic (exact) mass is 238 g/mol. The van der Waals surface area contributed by atoms with Crippen molar-refractivity contribution in [2.75, 3.05) is 24.2 Å². The second-order valence-corrected chi connectivity index (χ2v) is 4.00. The topological polar surface area (TPSA) is 73.1 Å². The van der Waals surface area contributed by atoms with Gasteiger partial charge in [-0.2, -0.15) is 0 Å². The van der Waals surface area contributed by atoms with E-state index in [4.69, 9.17) is 10.5 Å². The molecule has 1 rings (SSSR count). The zero-order valence-corrected chi connectivity index (χ0v) is 11.1. The van der Waals surface area contributed by atoms with Gasteiger partial charge in [0, 0.05) is 25.1 Å². The van der Waals surface area contributed by atoms with Crippen LogP contribution in [0, 0.1) is 6.92 Å². The van der Waals surface area contributed by atoms with Crippen molar-refractivity contribution in [2.45, 2.75) is 40.2 Å². The maximum atomic E-state index is 5.84. The average Bonchev–Trinajstić information content (AvgIpc) is 2.31. The highest BCUT2D eigenvalue weighted by atomic mass is 16.5. The highest BCUT2D eigenvalue weighted by molar-refractivity contribution is 5.54. The molecule has 1 unspecified atom stereocenters. The first-order valence-corrected chi connectivity index (χ1v) is 6.06. The average molecular weight is 238 g/mol. The fraction of sp³-hybridized carbons (Fsp3) is 0.667. The largest absolute Gasteiger partial charge is 0.383 e. The second-order valence-electron chi connectivity index (χ2n) is 4.00. The lowest BCUT2D eigenvalue weighted by Gasteiger charge is -2.15. The van der Waals surface area contributed by atoms with Crippen LogP contribution in [0.5, 0.6) is 0 Å². The number of rotatable bonds is 6. The predicted molar refractivity (Wildman–Crippen MR) is 70.1 cm³/mol. The number of aromatic nitrogens is 2. The van der Waals surface area contributed by atoms with Gasteiger partial charge in [-0.05, 0) is 20.8 Å². The van der Waals surface area contributed by atoms with Crippen molar-refractivity contribution < 1.29 is 4.74 Å². The molecule has 96 valence electrons. The van der Waals surface area contributed by atoms with Crippen molar-refractivity contribution in [1.29, 1.82) is 0 Å². The normalized spacial score (nSPS) is 12.5. The van der Waals surface area contributed by atoms with Gasteiger partial charge in [0.2, 0.25) is 0 Å². The number of aryl methyl sites for hydroxylation is 1. The third kappa shape index (κ3) is 3.85. The summed E-state index contributed by atoms with van der Waals surface area (Å²) in [5.41, 5.74) is 6.73. The van der Waals surface area contributed by atoms with E-state index in [1.807, 2.05) is 27.7 Å². The first kappa shape index (κ1) is 13.7. The Labute approximate surface area is 103 Å². The molecule has 1 atom stereocenters. The van der Waals surface area contributed by atoms with Gasteiger partial charge in [-0.1, -0.05) is 6.92 Å². The molecule has 1 aromatic rings. The lowest BCUT2D eigenvalue weighted by molar-refractivity contribution is 0.0854. The highest BCUT2D eigenvalue weighted by Gasteiger charge is 2.08. The van der Waals surface area contributed by atoms with E-state index in [0.717, 1.165) is 23.6 Å². The minimum atomic E-state index is 0.153. The van der Waals surface area contributed by atoms with Crippen LogP contribution in [0.4, 0.5) is 11.6 Å². The van der Waals surface area contributed by atoms with Gasteiger partial charge in [-0.3, -0.25) is 0 Å². The first-order valence-electron chi connectivity index (χ1n) is 6.06. The quantitative estimate of drug-likeness (QED) is 0.790. The van der Waals surface area contributed by atoms with E-state index in [9.17, 15) is 0 Å². The van der Waals surface area contributed by atoms with Gasteiger partial charge in [0.05, 0.1) is 6.10 Å². The van der Waals surface area contributed by atoms with Gasteiger partial charge < -0.3 is 15.8 Å². The van der Waals surface area contributed by atoms with Gasteiger partial charge in [0.25, 0.3) is 0 Å². The molecule has 0 fully saturated rings. The van der Waals surface area contributed by atoms with Gasteiger partial charge in [0.15, 0.2) is 0 Å². The molecule has 0 aromatic carbocycles. The van der Waals surface area contributed by atoms with Crippen LogP contribution < -0.4 is 11.1 Å². The molecule has 0 amide bonds. The molecular formula is C12H22N4O. The summed E-state index contributed by atoms with van der Waals surface area (Å²) in [5.74, 6) is 2.11. The third-order valence-electron chi connectivity index (χ3n) is 2.55. The Morgan fingerprint density at radius 1 is 1.35 bits per heavy atom. The van der Waals surface area contributed by atoms with E-state index in [0.29, 0.717) is 19.0 Å². The van der Waals surface area contributed by atoms with Gasteiger partial charge in [0.1, 0.15) is 17.5 Å². The molecule has 5 heteroatoms. The number of nitrogens with two attached hydrogens (primary N) is 1. The number of nitrogens with zero attached hydrogens (tertiary/aromatic N) is 2. The van der Waals surface area contributed by atoms with Gasteiger partial charge in [-0.25, -0.2) is 9.97 Å². The van der Waals surface area contributed by atoms with Crippen molar-refractivity contribution >= 4 is 11.6 Å². The summed E-state index contributed by atoms with van der Waals surface area (Å²) in [5, 5.41) is 3.26. The summed E-state index contributed by atoms with van der Waals surface area (Å²) >= 11 is 0. The molecular weight excluding hydrogens is 216 g/mol. The summed E-state index contributed by atoms with van der Waals surface area (Å²) in [6.07, 6.45) is 0.931. The molecule has 1 heterocycles. The van der Waals surface area contributed by atoms with Crippen molar-refractivity contribution in [2.24, 2.45) is 0 Å². The number of nitrogens with one attached hydrogen (secondary N) is 1. The molecule has 0 radical (unpaired) electrons. The summed E-state index contributed by atoms with van der Waals surface area (Å²) in [6.45, 7) is 9.37. The smallest absolute Gasteiger partial charge is 0.134 e. The van der Waals surface area contributed by atoms with Crippen LogP contribution in [0.25, 0.3) is 0 Å². The van der Waals surface area contributed by atoms with Crippen molar-refractivity contribution in [3.63, 3.8) is 0 Å². The molecule has 0 aliphatic carbocycles. The van der Waals surface area contributed by atoms with E-state index in [1.165, 1.54) is 0 Å². The van der Waals surface area contributed by atoms with Gasteiger partial charge >= 0.3 is 0 Å². The first-order chi connectivity index (χ1) is 8.08. The second kappa shape index (κ2) is 6.39. The van der Waals surface area contributed by atoms with E-state index < -0.39 is 0 Å². The Bertz CT molecular complexity index is 368. The van der Waals surface area contributed by atoms with Gasteiger partial charge in [-0.15, -0.1) is 0 Å². The van der Waals surface area contributed by atoms with Crippen LogP contribution >= 0.6 is 0 Å². The van der Waals surface area contributed by atoms with Crippen molar-refractivity contribution in [3.05, 3.63) is 11.4 Å². The number of ether oxygens (including phenoxy) is 1. The number of hydrogen-bond donors (Lipinski definition) is 2. The van der Waals surface area contributed by atoms with Crippen molar-refractivity contribution in [1.82, 2.24) is 9.97 Å². The maximum absolute atomic E-state index is 5.84. The lowest BCUT2D eigenvalue weighted by Crippen LogP contribution is -2.21. The van der Waals surface area contributed by atoms with E-state index in [-0.39, 0.29) is 6.10 Å². The molecule has 0 saturated heterocycles. The molecule has 0 saturated carbocycles. The number of nitrogen functional groups attached to an aromatic ring is 1. The molecule has 0 aliphatic rings. The fourth-order valence-electron chi connectivity index (χ4n) is 1.50. The molecule has 5 nitrogen and oxygen atoms in total. The fourth-order valence-corrected chi connectivity index (χ4v) is 1.50. The Morgan fingerprint density at radius 3 is 2.65 bits per heavy atom. The summed E-state index contributed by atoms with van der Waals surface area (Å²) < 4.78 is 5.45. The standard InChI is InChI=1S/C12H22N4O/c1-5-10-15-11(13)9(4)12(16-10)14-7-8(3)17-6-2/h8H,5-7H2,1-4H3,(H3,13,14,15,16).